The van der Waals surface area contributed by atoms with Gasteiger partial charge in [-0.05, 0) is 24.3 Å². The fraction of sp³-hybridized carbons (Fsp3) is 0.200. The number of hydrogen-bond donors (Lipinski definition) is 2. The van der Waals surface area contributed by atoms with E-state index in [9.17, 15) is 20.0 Å². The van der Waals surface area contributed by atoms with Crippen LogP contribution in [0.3, 0.4) is 0 Å². The molecule has 0 bridgehead atoms. The molecule has 1 saturated heterocycles. The number of carbonyl (C=O) groups is 1. The molecule has 1 aliphatic heterocycles. The van der Waals surface area contributed by atoms with Crippen LogP contribution in [0.2, 0.25) is 0 Å². The maximum atomic E-state index is 12.2. The normalized spacial score (nSPS) is 19.0. The van der Waals surface area contributed by atoms with E-state index < -0.39 is 10.5 Å². The molecule has 1 aliphatic rings. The summed E-state index contributed by atoms with van der Waals surface area (Å²) in [5, 5.41) is 33.7. The third-order valence-electron chi connectivity index (χ3n) is 3.53. The molecule has 25 heavy (non-hydrogen) atoms. The Morgan fingerprint density at radius 1 is 1.32 bits per heavy atom. The number of aliphatic hydroxyl groups excluding tert-OH is 2. The van der Waals surface area contributed by atoms with Crippen LogP contribution in [0.25, 0.3) is 11.8 Å². The lowest BCUT2D eigenvalue weighted by Gasteiger charge is -2.16. The fourth-order valence-electron chi connectivity index (χ4n) is 2.31. The number of non-ortho nitro benzene ring substituents is 1. The molecule has 2 aromatic rings. The van der Waals surface area contributed by atoms with Crippen molar-refractivity contribution < 1.29 is 19.9 Å². The predicted molar refractivity (Wildman–Crippen MR) is 90.6 cm³/mol. The molecule has 2 N–H and O–H groups in total. The summed E-state index contributed by atoms with van der Waals surface area (Å²) in [6, 6.07) is 7.60. The average molecular weight is 362 g/mol. The van der Waals surface area contributed by atoms with Gasteiger partial charge in [0, 0.05) is 24.9 Å². The first-order chi connectivity index (χ1) is 12.0. The van der Waals surface area contributed by atoms with Crippen molar-refractivity contribution in [2.24, 2.45) is 0 Å². The van der Waals surface area contributed by atoms with Gasteiger partial charge in [0.25, 0.3) is 11.6 Å². The number of nitro groups is 1. The summed E-state index contributed by atoms with van der Waals surface area (Å²) in [6.07, 6.45) is 3.22. The molecular formula is C15H14N4O5S. The van der Waals surface area contributed by atoms with Gasteiger partial charge in [-0.15, -0.1) is 0 Å². The summed E-state index contributed by atoms with van der Waals surface area (Å²) in [5.74, 6) is -0.364. The van der Waals surface area contributed by atoms with Crippen LogP contribution in [0, 0.1) is 10.1 Å². The van der Waals surface area contributed by atoms with E-state index in [-0.39, 0.29) is 24.7 Å². The number of nitro benzene ring substituents is 1. The SMILES string of the molecule is O=C1/C(=C/c2ccn(-c3ccc([N+](=O)[O-])cc3)n2)SC(O)N1CCO. The van der Waals surface area contributed by atoms with E-state index in [2.05, 4.69) is 5.10 Å². The lowest BCUT2D eigenvalue weighted by atomic mass is 10.3. The van der Waals surface area contributed by atoms with E-state index in [4.69, 9.17) is 5.11 Å². The molecule has 10 heteroatoms. The summed E-state index contributed by atoms with van der Waals surface area (Å²) in [4.78, 5) is 23.9. The first-order valence-electron chi connectivity index (χ1n) is 7.28. The highest BCUT2D eigenvalue weighted by atomic mass is 32.2. The molecular weight excluding hydrogens is 348 g/mol. The summed E-state index contributed by atoms with van der Waals surface area (Å²) < 4.78 is 1.53. The van der Waals surface area contributed by atoms with Crippen molar-refractivity contribution in [3.8, 4) is 5.69 Å². The molecule has 1 atom stereocenters. The maximum Gasteiger partial charge on any atom is 0.269 e. The number of hydrogen-bond acceptors (Lipinski definition) is 7. The first kappa shape index (κ1) is 17.1. The van der Waals surface area contributed by atoms with Crippen LogP contribution in [-0.4, -0.2) is 54.4 Å². The summed E-state index contributed by atoms with van der Waals surface area (Å²) in [7, 11) is 0. The van der Waals surface area contributed by atoms with E-state index in [1.807, 2.05) is 0 Å². The number of β-amino-alcohol motifs (C(OH)–C–C–N with tert-alkyl or cyclic N) is 1. The molecule has 0 aliphatic carbocycles. The molecule has 1 amide bonds. The molecule has 130 valence electrons. The molecule has 3 rings (SSSR count). The predicted octanol–water partition coefficient (Wildman–Crippen LogP) is 0.965. The number of rotatable bonds is 5. The van der Waals surface area contributed by atoms with Gasteiger partial charge in [-0.3, -0.25) is 14.9 Å². The minimum Gasteiger partial charge on any atom is -0.395 e. The summed E-state index contributed by atoms with van der Waals surface area (Å²) in [5.41, 5.74) is 0.113. The number of aromatic nitrogens is 2. The molecule has 0 spiro atoms. The number of aliphatic hydroxyl groups is 2. The molecule has 1 unspecified atom stereocenters. The van der Waals surface area contributed by atoms with Crippen molar-refractivity contribution in [2.75, 3.05) is 13.2 Å². The topological polar surface area (TPSA) is 122 Å². The fourth-order valence-corrected chi connectivity index (χ4v) is 3.27. The van der Waals surface area contributed by atoms with Crippen LogP contribution in [0.4, 0.5) is 5.69 Å². The lowest BCUT2D eigenvalue weighted by molar-refractivity contribution is -0.384. The Hall–Kier alpha value is -2.69. The Morgan fingerprint density at radius 2 is 2.04 bits per heavy atom. The Balaban J connectivity index is 1.80. The van der Waals surface area contributed by atoms with Crippen molar-refractivity contribution in [1.29, 1.82) is 0 Å². The van der Waals surface area contributed by atoms with E-state index >= 15 is 0 Å². The summed E-state index contributed by atoms with van der Waals surface area (Å²) in [6.45, 7) is -0.174. The second-order valence-corrected chi connectivity index (χ2v) is 6.23. The third kappa shape index (κ3) is 3.55. The second-order valence-electron chi connectivity index (χ2n) is 5.13. The zero-order chi connectivity index (χ0) is 18.0. The second kappa shape index (κ2) is 7.05. The minimum absolute atomic E-state index is 0.0100. The molecule has 9 nitrogen and oxygen atoms in total. The summed E-state index contributed by atoms with van der Waals surface area (Å²) >= 11 is 0.984. The quantitative estimate of drug-likeness (QED) is 0.461. The van der Waals surface area contributed by atoms with Crippen LogP contribution in [-0.2, 0) is 4.79 Å². The van der Waals surface area contributed by atoms with Gasteiger partial charge >= 0.3 is 0 Å². The van der Waals surface area contributed by atoms with Gasteiger partial charge in [-0.2, -0.15) is 5.10 Å². The lowest BCUT2D eigenvalue weighted by Crippen LogP contribution is -2.34. The number of nitrogens with zero attached hydrogens (tertiary/aromatic N) is 4. The first-order valence-corrected chi connectivity index (χ1v) is 8.16. The van der Waals surface area contributed by atoms with Crippen LogP contribution >= 0.6 is 11.8 Å². The highest BCUT2D eigenvalue weighted by Gasteiger charge is 2.34. The van der Waals surface area contributed by atoms with Gasteiger partial charge in [-0.1, -0.05) is 11.8 Å². The molecule has 0 saturated carbocycles. The number of carbonyl (C=O) groups excluding carboxylic acids is 1. The molecule has 1 aromatic heterocycles. The highest BCUT2D eigenvalue weighted by Crippen LogP contribution is 2.34. The zero-order valence-corrected chi connectivity index (χ0v) is 13.7. The molecule has 1 aromatic carbocycles. The van der Waals surface area contributed by atoms with Crippen LogP contribution in [0.1, 0.15) is 5.69 Å². The van der Waals surface area contributed by atoms with Gasteiger partial charge in [0.05, 0.1) is 27.8 Å². The van der Waals surface area contributed by atoms with Gasteiger partial charge < -0.3 is 15.1 Å². The Kier molecular flexibility index (Phi) is 4.83. The molecule has 0 radical (unpaired) electrons. The van der Waals surface area contributed by atoms with Gasteiger partial charge in [0.1, 0.15) is 0 Å². The van der Waals surface area contributed by atoms with Crippen molar-refractivity contribution in [2.45, 2.75) is 5.56 Å². The van der Waals surface area contributed by atoms with E-state index in [1.165, 1.54) is 21.7 Å². The Morgan fingerprint density at radius 3 is 2.68 bits per heavy atom. The Labute approximate surface area is 146 Å². The van der Waals surface area contributed by atoms with E-state index in [0.29, 0.717) is 16.3 Å². The third-order valence-corrected chi connectivity index (χ3v) is 4.54. The van der Waals surface area contributed by atoms with Crippen LogP contribution in [0.5, 0.6) is 0 Å². The van der Waals surface area contributed by atoms with Gasteiger partial charge in [0.2, 0.25) is 0 Å². The maximum absolute atomic E-state index is 12.2. The van der Waals surface area contributed by atoms with Gasteiger partial charge in [0.15, 0.2) is 5.56 Å². The van der Waals surface area contributed by atoms with Crippen LogP contribution in [0.15, 0.2) is 41.4 Å². The van der Waals surface area contributed by atoms with Crippen molar-refractivity contribution in [3.63, 3.8) is 0 Å². The standard InChI is InChI=1S/C15H14N4O5S/c20-8-7-17-14(21)13(25-15(17)22)9-10-5-6-18(16-10)11-1-3-12(4-2-11)19(23)24/h1-6,9,15,20,22H,7-8H2/b13-9-. The minimum atomic E-state index is -1.03. The molecule has 2 heterocycles. The number of amides is 1. The van der Waals surface area contributed by atoms with E-state index in [0.717, 1.165) is 11.8 Å². The Bertz CT molecular complexity index is 833. The highest BCUT2D eigenvalue weighted by molar-refractivity contribution is 8.05. The zero-order valence-electron chi connectivity index (χ0n) is 12.8. The van der Waals surface area contributed by atoms with Crippen molar-refractivity contribution in [1.82, 2.24) is 14.7 Å². The number of benzene rings is 1. The van der Waals surface area contributed by atoms with Crippen molar-refractivity contribution in [3.05, 3.63) is 57.2 Å². The van der Waals surface area contributed by atoms with Crippen molar-refractivity contribution >= 4 is 29.4 Å². The van der Waals surface area contributed by atoms with Gasteiger partial charge in [-0.25, -0.2) is 4.68 Å². The largest absolute Gasteiger partial charge is 0.395 e. The smallest absolute Gasteiger partial charge is 0.269 e. The molecule has 1 fully saturated rings. The number of thioether (sulfide) groups is 1. The van der Waals surface area contributed by atoms with E-state index in [1.54, 1.807) is 30.5 Å². The average Bonchev–Trinajstić information content (AvgIpc) is 3.16. The monoisotopic (exact) mass is 362 g/mol. The van der Waals surface area contributed by atoms with Crippen LogP contribution < -0.4 is 0 Å².